The standard InChI is InChI=1S/C19H22ClN3O4/c1-11(2)18(24)21-14-9-17(27-4)15(10-16(14)26-3)23-19(25)22-13-8-6-5-7-12(13)20/h5-11H,1-4H3,(H,21,24)(H2,22,23,25). The summed E-state index contributed by atoms with van der Waals surface area (Å²) in [6.07, 6.45) is 0. The number of rotatable bonds is 6. The van der Waals surface area contributed by atoms with E-state index in [2.05, 4.69) is 16.0 Å². The van der Waals surface area contributed by atoms with Gasteiger partial charge in [0.15, 0.2) is 0 Å². The first kappa shape index (κ1) is 20.4. The number of amides is 3. The second kappa shape index (κ2) is 9.14. The van der Waals surface area contributed by atoms with E-state index in [4.69, 9.17) is 21.1 Å². The van der Waals surface area contributed by atoms with Gasteiger partial charge in [0, 0.05) is 18.1 Å². The maximum atomic E-state index is 12.3. The fraction of sp³-hybridized carbons (Fsp3) is 0.263. The van der Waals surface area contributed by atoms with Crippen LogP contribution in [-0.2, 0) is 4.79 Å². The first-order valence-corrected chi connectivity index (χ1v) is 8.63. The maximum absolute atomic E-state index is 12.3. The van der Waals surface area contributed by atoms with Gasteiger partial charge < -0.3 is 25.4 Å². The molecule has 0 atom stereocenters. The van der Waals surface area contributed by atoms with Gasteiger partial charge in [-0.15, -0.1) is 0 Å². The quantitative estimate of drug-likeness (QED) is 0.671. The van der Waals surface area contributed by atoms with Crippen LogP contribution in [0.5, 0.6) is 11.5 Å². The number of carbonyl (C=O) groups is 2. The van der Waals surface area contributed by atoms with Gasteiger partial charge in [-0.2, -0.15) is 0 Å². The molecule has 27 heavy (non-hydrogen) atoms. The molecule has 3 N–H and O–H groups in total. The summed E-state index contributed by atoms with van der Waals surface area (Å²) in [4.78, 5) is 24.3. The molecule has 2 aromatic rings. The zero-order valence-corrected chi connectivity index (χ0v) is 16.3. The number of nitrogens with one attached hydrogen (secondary N) is 3. The van der Waals surface area contributed by atoms with Crippen molar-refractivity contribution in [3.63, 3.8) is 0 Å². The summed E-state index contributed by atoms with van der Waals surface area (Å²) in [7, 11) is 2.94. The predicted octanol–water partition coefficient (Wildman–Crippen LogP) is 4.60. The number of urea groups is 1. The van der Waals surface area contributed by atoms with Gasteiger partial charge in [-0.25, -0.2) is 4.79 Å². The molecule has 8 heteroatoms. The van der Waals surface area contributed by atoms with Crippen LogP contribution in [0.3, 0.4) is 0 Å². The van der Waals surface area contributed by atoms with Crippen molar-refractivity contribution in [3.8, 4) is 11.5 Å². The van der Waals surface area contributed by atoms with Gasteiger partial charge in [0.05, 0.1) is 36.3 Å². The summed E-state index contributed by atoms with van der Waals surface area (Å²) in [6, 6.07) is 9.55. The number of anilines is 3. The van der Waals surface area contributed by atoms with Gasteiger partial charge in [-0.1, -0.05) is 37.6 Å². The van der Waals surface area contributed by atoms with Crippen LogP contribution in [0, 0.1) is 5.92 Å². The van der Waals surface area contributed by atoms with Crippen LogP contribution >= 0.6 is 11.6 Å². The Kier molecular flexibility index (Phi) is 6.90. The van der Waals surface area contributed by atoms with E-state index in [1.165, 1.54) is 14.2 Å². The molecule has 0 aliphatic rings. The van der Waals surface area contributed by atoms with Crippen molar-refractivity contribution in [1.29, 1.82) is 0 Å². The van der Waals surface area contributed by atoms with Crippen LogP contribution in [0.4, 0.5) is 21.9 Å². The van der Waals surface area contributed by atoms with E-state index in [1.807, 2.05) is 0 Å². The van der Waals surface area contributed by atoms with Gasteiger partial charge in [0.25, 0.3) is 0 Å². The minimum Gasteiger partial charge on any atom is -0.494 e. The zero-order valence-electron chi connectivity index (χ0n) is 15.6. The molecular formula is C19H22ClN3O4. The highest BCUT2D eigenvalue weighted by Gasteiger charge is 2.17. The van der Waals surface area contributed by atoms with E-state index >= 15 is 0 Å². The van der Waals surface area contributed by atoms with Gasteiger partial charge in [-0.3, -0.25) is 4.79 Å². The SMILES string of the molecule is COc1cc(NC(=O)C(C)C)c(OC)cc1NC(=O)Nc1ccccc1Cl. The smallest absolute Gasteiger partial charge is 0.323 e. The minimum absolute atomic E-state index is 0.160. The molecule has 0 aromatic heterocycles. The van der Waals surface area contributed by atoms with Crippen molar-refractivity contribution >= 4 is 40.6 Å². The number of ether oxygens (including phenoxy) is 2. The molecule has 0 aliphatic heterocycles. The Labute approximate surface area is 163 Å². The monoisotopic (exact) mass is 391 g/mol. The Morgan fingerprint density at radius 2 is 1.41 bits per heavy atom. The summed E-state index contributed by atoms with van der Waals surface area (Å²) in [6.45, 7) is 3.57. The lowest BCUT2D eigenvalue weighted by Crippen LogP contribution is -2.21. The van der Waals surface area contributed by atoms with Crippen LogP contribution in [-0.4, -0.2) is 26.2 Å². The highest BCUT2D eigenvalue weighted by atomic mass is 35.5. The molecule has 0 saturated carbocycles. The molecule has 0 spiro atoms. The normalized spacial score (nSPS) is 10.3. The first-order chi connectivity index (χ1) is 12.8. The highest BCUT2D eigenvalue weighted by Crippen LogP contribution is 2.36. The number of carbonyl (C=O) groups excluding carboxylic acids is 2. The molecule has 7 nitrogen and oxygen atoms in total. The van der Waals surface area contributed by atoms with Crippen LogP contribution in [0.1, 0.15) is 13.8 Å². The van der Waals surface area contributed by atoms with Gasteiger partial charge in [-0.05, 0) is 12.1 Å². The molecule has 0 bridgehead atoms. The Bertz CT molecular complexity index is 840. The lowest BCUT2D eigenvalue weighted by atomic mass is 10.2. The molecule has 0 aliphatic carbocycles. The third-order valence-electron chi connectivity index (χ3n) is 3.67. The van der Waals surface area contributed by atoms with E-state index < -0.39 is 6.03 Å². The zero-order chi connectivity index (χ0) is 20.0. The third kappa shape index (κ3) is 5.27. The van der Waals surface area contributed by atoms with E-state index in [0.717, 1.165) is 0 Å². The molecule has 144 valence electrons. The summed E-state index contributed by atoms with van der Waals surface area (Å²) in [5, 5.41) is 8.54. The Hall–Kier alpha value is -2.93. The van der Waals surface area contributed by atoms with Crippen LogP contribution in [0.15, 0.2) is 36.4 Å². The Balaban J connectivity index is 2.24. The minimum atomic E-state index is -0.498. The van der Waals surface area contributed by atoms with E-state index in [0.29, 0.717) is 33.6 Å². The third-order valence-corrected chi connectivity index (χ3v) is 4.00. The molecule has 0 fully saturated rings. The van der Waals surface area contributed by atoms with Crippen LogP contribution < -0.4 is 25.4 Å². The van der Waals surface area contributed by atoms with Crippen molar-refractivity contribution in [3.05, 3.63) is 41.4 Å². The number of halogens is 1. The highest BCUT2D eigenvalue weighted by molar-refractivity contribution is 6.33. The summed E-state index contributed by atoms with van der Waals surface area (Å²) < 4.78 is 10.6. The second-order valence-electron chi connectivity index (χ2n) is 5.96. The van der Waals surface area contributed by atoms with E-state index in [1.54, 1.807) is 50.2 Å². The summed E-state index contributed by atoms with van der Waals surface area (Å²) in [5.41, 5.74) is 1.30. The van der Waals surface area contributed by atoms with Crippen molar-refractivity contribution in [2.24, 2.45) is 5.92 Å². The average molecular weight is 392 g/mol. The fourth-order valence-electron chi connectivity index (χ4n) is 2.21. The van der Waals surface area contributed by atoms with Crippen molar-refractivity contribution < 1.29 is 19.1 Å². The van der Waals surface area contributed by atoms with E-state index in [9.17, 15) is 9.59 Å². The Morgan fingerprint density at radius 1 is 0.889 bits per heavy atom. The van der Waals surface area contributed by atoms with Crippen LogP contribution in [0.2, 0.25) is 5.02 Å². The molecular weight excluding hydrogens is 370 g/mol. The lowest BCUT2D eigenvalue weighted by molar-refractivity contribution is -0.118. The summed E-state index contributed by atoms with van der Waals surface area (Å²) >= 11 is 6.04. The molecule has 2 aromatic carbocycles. The Morgan fingerprint density at radius 3 is 1.93 bits per heavy atom. The topological polar surface area (TPSA) is 88.7 Å². The summed E-state index contributed by atoms with van der Waals surface area (Å²) in [5.74, 6) is 0.398. The first-order valence-electron chi connectivity index (χ1n) is 8.25. The molecule has 0 heterocycles. The maximum Gasteiger partial charge on any atom is 0.323 e. The predicted molar refractivity (Wildman–Crippen MR) is 107 cm³/mol. The van der Waals surface area contributed by atoms with Gasteiger partial charge >= 0.3 is 6.03 Å². The average Bonchev–Trinajstić information content (AvgIpc) is 2.64. The number of benzene rings is 2. The van der Waals surface area contributed by atoms with Crippen LogP contribution in [0.25, 0.3) is 0 Å². The largest absolute Gasteiger partial charge is 0.494 e. The molecule has 2 rings (SSSR count). The molecule has 3 amide bonds. The van der Waals surface area contributed by atoms with Crippen molar-refractivity contribution in [2.45, 2.75) is 13.8 Å². The number of hydrogen-bond donors (Lipinski definition) is 3. The molecule has 0 unspecified atom stereocenters. The molecule has 0 radical (unpaired) electrons. The van der Waals surface area contributed by atoms with Crippen molar-refractivity contribution in [1.82, 2.24) is 0 Å². The second-order valence-corrected chi connectivity index (χ2v) is 6.36. The number of hydrogen-bond acceptors (Lipinski definition) is 4. The number of methoxy groups -OCH3 is 2. The van der Waals surface area contributed by atoms with Gasteiger partial charge in [0.2, 0.25) is 5.91 Å². The number of para-hydroxylation sites is 1. The molecule has 0 saturated heterocycles. The van der Waals surface area contributed by atoms with Gasteiger partial charge in [0.1, 0.15) is 11.5 Å². The lowest BCUT2D eigenvalue weighted by Gasteiger charge is -2.17. The van der Waals surface area contributed by atoms with Crippen molar-refractivity contribution in [2.75, 3.05) is 30.2 Å². The fourth-order valence-corrected chi connectivity index (χ4v) is 2.39. The van der Waals surface area contributed by atoms with E-state index in [-0.39, 0.29) is 11.8 Å².